The first-order valence-corrected chi connectivity index (χ1v) is 4.77. The highest BCUT2D eigenvalue weighted by Crippen LogP contribution is 2.31. The van der Waals surface area contributed by atoms with Crippen molar-refractivity contribution in [2.75, 3.05) is 5.32 Å². The van der Waals surface area contributed by atoms with Crippen molar-refractivity contribution >= 4 is 11.6 Å². The SMILES string of the molecule is CC(C)(O)C1Oc2ccccc2NC1=O. The quantitative estimate of drug-likeness (QED) is 0.726. The van der Waals surface area contributed by atoms with E-state index < -0.39 is 11.7 Å². The molecule has 0 saturated heterocycles. The van der Waals surface area contributed by atoms with Gasteiger partial charge in [-0.25, -0.2) is 0 Å². The lowest BCUT2D eigenvalue weighted by atomic mass is 9.99. The lowest BCUT2D eigenvalue weighted by Gasteiger charge is -2.32. The zero-order valence-corrected chi connectivity index (χ0v) is 8.65. The summed E-state index contributed by atoms with van der Waals surface area (Å²) in [5, 5.41) is 12.4. The summed E-state index contributed by atoms with van der Waals surface area (Å²) in [6.45, 7) is 3.09. The van der Waals surface area contributed by atoms with Crippen molar-refractivity contribution in [1.82, 2.24) is 0 Å². The first-order chi connectivity index (χ1) is 6.98. The molecule has 1 aliphatic heterocycles. The lowest BCUT2D eigenvalue weighted by molar-refractivity contribution is -0.134. The van der Waals surface area contributed by atoms with Gasteiger partial charge in [0.05, 0.1) is 5.69 Å². The average Bonchev–Trinajstić information content (AvgIpc) is 2.15. The smallest absolute Gasteiger partial charge is 0.268 e. The van der Waals surface area contributed by atoms with Crippen LogP contribution in [-0.4, -0.2) is 22.7 Å². The highest BCUT2D eigenvalue weighted by molar-refractivity contribution is 5.98. The Balaban J connectivity index is 2.34. The third-order valence-electron chi connectivity index (χ3n) is 2.27. The Bertz CT molecular complexity index is 395. The van der Waals surface area contributed by atoms with Crippen LogP contribution < -0.4 is 10.1 Å². The highest BCUT2D eigenvalue weighted by atomic mass is 16.5. The zero-order valence-electron chi connectivity index (χ0n) is 8.65. The first-order valence-electron chi connectivity index (χ1n) is 4.77. The average molecular weight is 207 g/mol. The van der Waals surface area contributed by atoms with Crippen LogP contribution in [0.25, 0.3) is 0 Å². The molecule has 15 heavy (non-hydrogen) atoms. The fraction of sp³-hybridized carbons (Fsp3) is 0.364. The predicted molar refractivity (Wildman–Crippen MR) is 55.8 cm³/mol. The Morgan fingerprint density at radius 1 is 1.40 bits per heavy atom. The molecule has 80 valence electrons. The number of hydrogen-bond donors (Lipinski definition) is 2. The summed E-state index contributed by atoms with van der Waals surface area (Å²) in [7, 11) is 0. The number of hydrogen-bond acceptors (Lipinski definition) is 3. The van der Waals surface area contributed by atoms with Crippen molar-refractivity contribution < 1.29 is 14.6 Å². The number of rotatable bonds is 1. The standard InChI is InChI=1S/C11H13NO3/c1-11(2,14)9-10(13)12-7-5-3-4-6-8(7)15-9/h3-6,9,14H,1-2H3,(H,12,13). The summed E-state index contributed by atoms with van der Waals surface area (Å²) < 4.78 is 5.45. The van der Waals surface area contributed by atoms with Crippen LogP contribution in [0, 0.1) is 0 Å². The van der Waals surface area contributed by atoms with Crippen LogP contribution in [-0.2, 0) is 4.79 Å². The second-order valence-corrected chi connectivity index (χ2v) is 4.14. The highest BCUT2D eigenvalue weighted by Gasteiger charge is 2.38. The number of carbonyl (C=O) groups is 1. The van der Waals surface area contributed by atoms with Gasteiger partial charge in [-0.15, -0.1) is 0 Å². The van der Waals surface area contributed by atoms with Crippen LogP contribution in [0.5, 0.6) is 5.75 Å². The molecule has 1 unspecified atom stereocenters. The molecule has 2 rings (SSSR count). The van der Waals surface area contributed by atoms with Gasteiger partial charge < -0.3 is 15.2 Å². The molecule has 1 heterocycles. The van der Waals surface area contributed by atoms with E-state index in [2.05, 4.69) is 5.32 Å². The summed E-state index contributed by atoms with van der Waals surface area (Å²) in [6.07, 6.45) is -0.868. The van der Waals surface area contributed by atoms with Crippen LogP contribution in [0.4, 0.5) is 5.69 Å². The molecule has 0 radical (unpaired) electrons. The Morgan fingerprint density at radius 3 is 2.73 bits per heavy atom. The molecular weight excluding hydrogens is 194 g/mol. The van der Waals surface area contributed by atoms with E-state index in [0.717, 1.165) is 0 Å². The maximum atomic E-state index is 11.6. The normalized spacial score (nSPS) is 20.2. The number of aliphatic hydroxyl groups is 1. The molecule has 4 nitrogen and oxygen atoms in total. The van der Waals surface area contributed by atoms with E-state index in [1.807, 2.05) is 12.1 Å². The van der Waals surface area contributed by atoms with Gasteiger partial charge in [-0.2, -0.15) is 0 Å². The molecule has 1 aromatic carbocycles. The molecule has 4 heteroatoms. The monoisotopic (exact) mass is 207 g/mol. The van der Waals surface area contributed by atoms with Crippen LogP contribution in [0.3, 0.4) is 0 Å². The molecule has 1 aromatic rings. The van der Waals surface area contributed by atoms with E-state index in [-0.39, 0.29) is 5.91 Å². The number of nitrogens with one attached hydrogen (secondary N) is 1. The molecule has 0 bridgehead atoms. The van der Waals surface area contributed by atoms with Crippen molar-refractivity contribution in [3.05, 3.63) is 24.3 Å². The van der Waals surface area contributed by atoms with Gasteiger partial charge >= 0.3 is 0 Å². The molecule has 1 aliphatic rings. The van der Waals surface area contributed by atoms with E-state index in [0.29, 0.717) is 11.4 Å². The Kier molecular flexibility index (Phi) is 2.16. The summed E-state index contributed by atoms with van der Waals surface area (Å²) in [5.41, 5.74) is -0.555. The van der Waals surface area contributed by atoms with E-state index >= 15 is 0 Å². The van der Waals surface area contributed by atoms with E-state index in [9.17, 15) is 9.90 Å². The topological polar surface area (TPSA) is 58.6 Å². The van der Waals surface area contributed by atoms with Gasteiger partial charge in [-0.05, 0) is 26.0 Å². The number of amides is 1. The van der Waals surface area contributed by atoms with Crippen molar-refractivity contribution in [1.29, 1.82) is 0 Å². The third-order valence-corrected chi connectivity index (χ3v) is 2.27. The maximum Gasteiger partial charge on any atom is 0.268 e. The number of benzene rings is 1. The number of fused-ring (bicyclic) bond motifs is 1. The molecule has 0 fully saturated rings. The molecule has 0 saturated carbocycles. The fourth-order valence-corrected chi connectivity index (χ4v) is 1.52. The zero-order chi connectivity index (χ0) is 11.1. The van der Waals surface area contributed by atoms with Crippen LogP contribution in [0.2, 0.25) is 0 Å². The largest absolute Gasteiger partial charge is 0.475 e. The predicted octanol–water partition coefficient (Wildman–Crippen LogP) is 1.16. The lowest BCUT2D eigenvalue weighted by Crippen LogP contribution is -2.51. The molecule has 1 atom stereocenters. The van der Waals surface area contributed by atoms with Gasteiger partial charge in [0.2, 0.25) is 6.10 Å². The van der Waals surface area contributed by atoms with E-state index in [1.165, 1.54) is 0 Å². The minimum absolute atomic E-state index is 0.318. The summed E-state index contributed by atoms with van der Waals surface area (Å²) in [4.78, 5) is 11.6. The number of ether oxygens (including phenoxy) is 1. The van der Waals surface area contributed by atoms with Gasteiger partial charge in [-0.1, -0.05) is 12.1 Å². The minimum Gasteiger partial charge on any atom is -0.475 e. The molecule has 2 N–H and O–H groups in total. The van der Waals surface area contributed by atoms with Crippen LogP contribution in [0.1, 0.15) is 13.8 Å². The molecular formula is C11H13NO3. The van der Waals surface area contributed by atoms with Crippen LogP contribution >= 0.6 is 0 Å². The third kappa shape index (κ3) is 1.80. The summed E-state index contributed by atoms with van der Waals surface area (Å²) >= 11 is 0. The summed E-state index contributed by atoms with van der Waals surface area (Å²) in [6, 6.07) is 7.14. The first kappa shape index (κ1) is 9.98. The Hall–Kier alpha value is -1.55. The summed E-state index contributed by atoms with van der Waals surface area (Å²) in [5.74, 6) is 0.269. The number of carbonyl (C=O) groups excluding carboxylic acids is 1. The van der Waals surface area contributed by atoms with Crippen molar-refractivity contribution in [3.63, 3.8) is 0 Å². The van der Waals surface area contributed by atoms with E-state index in [1.54, 1.807) is 26.0 Å². The molecule has 0 aromatic heterocycles. The molecule has 0 spiro atoms. The molecule has 0 aliphatic carbocycles. The minimum atomic E-state index is -1.20. The van der Waals surface area contributed by atoms with Crippen molar-refractivity contribution in [2.45, 2.75) is 25.6 Å². The molecule has 1 amide bonds. The Morgan fingerprint density at radius 2 is 2.07 bits per heavy atom. The van der Waals surface area contributed by atoms with E-state index in [4.69, 9.17) is 4.74 Å². The Labute approximate surface area is 87.9 Å². The van der Waals surface area contributed by atoms with Gasteiger partial charge in [0.1, 0.15) is 11.4 Å². The number of anilines is 1. The number of para-hydroxylation sites is 2. The van der Waals surface area contributed by atoms with Gasteiger partial charge in [0.15, 0.2) is 0 Å². The second-order valence-electron chi connectivity index (χ2n) is 4.14. The van der Waals surface area contributed by atoms with Gasteiger partial charge in [0.25, 0.3) is 5.91 Å². The van der Waals surface area contributed by atoms with Gasteiger partial charge in [0, 0.05) is 0 Å². The van der Waals surface area contributed by atoms with Crippen LogP contribution in [0.15, 0.2) is 24.3 Å². The maximum absolute atomic E-state index is 11.6. The fourth-order valence-electron chi connectivity index (χ4n) is 1.52. The second kappa shape index (κ2) is 3.24. The van der Waals surface area contributed by atoms with Crippen molar-refractivity contribution in [2.24, 2.45) is 0 Å². The van der Waals surface area contributed by atoms with Gasteiger partial charge in [-0.3, -0.25) is 4.79 Å². The van der Waals surface area contributed by atoms with Crippen molar-refractivity contribution in [3.8, 4) is 5.75 Å².